The Hall–Kier alpha value is -0.0400. The van der Waals surface area contributed by atoms with Gasteiger partial charge in [-0.15, -0.1) is 0 Å². The van der Waals surface area contributed by atoms with E-state index in [4.69, 9.17) is 0 Å². The molecule has 1 saturated heterocycles. The van der Waals surface area contributed by atoms with Crippen molar-refractivity contribution in [2.75, 3.05) is 13.1 Å². The van der Waals surface area contributed by atoms with Crippen LogP contribution in [0.5, 0.6) is 0 Å². The third-order valence-corrected chi connectivity index (χ3v) is 6.53. The van der Waals surface area contributed by atoms with Gasteiger partial charge in [-0.3, -0.25) is 0 Å². The summed E-state index contributed by atoms with van der Waals surface area (Å²) >= 11 is 0. The Balaban J connectivity index is 1.67. The molecule has 1 heterocycles. The molecule has 1 aliphatic heterocycles. The average Bonchev–Trinajstić information content (AvgIpc) is 2.51. The molecule has 0 aromatic rings. The summed E-state index contributed by atoms with van der Waals surface area (Å²) < 4.78 is 0. The van der Waals surface area contributed by atoms with E-state index in [0.29, 0.717) is 0 Å². The molecule has 0 unspecified atom stereocenters. The lowest BCUT2D eigenvalue weighted by Crippen LogP contribution is -2.53. The fourth-order valence-corrected chi connectivity index (χ4v) is 6.05. The summed E-state index contributed by atoms with van der Waals surface area (Å²) in [5, 5.41) is 3.63. The van der Waals surface area contributed by atoms with E-state index in [0.717, 1.165) is 29.1 Å². The Kier molecular flexibility index (Phi) is 2.16. The third kappa shape index (κ3) is 1.27. The molecule has 16 heavy (non-hydrogen) atoms. The number of hydrogen-bond donors (Lipinski definition) is 1. The fraction of sp³-hybridized carbons (Fsp3) is 1.00. The van der Waals surface area contributed by atoms with Crippen LogP contribution in [0.2, 0.25) is 0 Å². The molecule has 5 fully saturated rings. The highest BCUT2D eigenvalue weighted by Gasteiger charge is 2.56. The number of rotatable bonds is 0. The van der Waals surface area contributed by atoms with Gasteiger partial charge in [-0.25, -0.2) is 0 Å². The van der Waals surface area contributed by atoms with E-state index >= 15 is 0 Å². The molecule has 1 N–H and O–H groups in total. The standard InChI is InChI=1S/C15H25N/c1-2-15(3-5-16-4-1)13-7-11-6-12(9-13)10-14(15)8-11/h11-14,16H,1-10H2. The minimum atomic E-state index is 0.802. The lowest BCUT2D eigenvalue weighted by Gasteiger charge is -2.61. The van der Waals surface area contributed by atoms with Crippen LogP contribution in [-0.4, -0.2) is 13.1 Å². The Morgan fingerprint density at radius 1 is 0.750 bits per heavy atom. The van der Waals surface area contributed by atoms with Gasteiger partial charge in [-0.1, -0.05) is 0 Å². The van der Waals surface area contributed by atoms with Crippen molar-refractivity contribution in [3.8, 4) is 0 Å². The summed E-state index contributed by atoms with van der Waals surface area (Å²) in [5.41, 5.74) is 0.802. The SMILES string of the molecule is C1CNCCC2(C1)C1CC3CC(C1)CC2C3. The molecule has 90 valence electrons. The van der Waals surface area contributed by atoms with Crippen LogP contribution in [0.4, 0.5) is 0 Å². The maximum atomic E-state index is 3.63. The summed E-state index contributed by atoms with van der Waals surface area (Å²) in [5.74, 6) is 4.54. The zero-order valence-electron chi connectivity index (χ0n) is 10.4. The van der Waals surface area contributed by atoms with Gasteiger partial charge in [0.25, 0.3) is 0 Å². The van der Waals surface area contributed by atoms with Gasteiger partial charge in [0.05, 0.1) is 0 Å². The second-order valence-electron chi connectivity index (χ2n) is 7.14. The molecular formula is C15H25N. The maximum absolute atomic E-state index is 3.63. The fourth-order valence-electron chi connectivity index (χ4n) is 6.05. The van der Waals surface area contributed by atoms with Crippen LogP contribution in [0.1, 0.15) is 51.4 Å². The van der Waals surface area contributed by atoms with Crippen LogP contribution >= 0.6 is 0 Å². The van der Waals surface area contributed by atoms with E-state index in [1.165, 1.54) is 25.9 Å². The lowest BCUT2D eigenvalue weighted by atomic mass is 9.44. The molecule has 4 aliphatic carbocycles. The molecule has 4 saturated carbocycles. The van der Waals surface area contributed by atoms with Crippen LogP contribution in [0.25, 0.3) is 0 Å². The Morgan fingerprint density at radius 2 is 1.44 bits per heavy atom. The van der Waals surface area contributed by atoms with Gasteiger partial charge in [0.1, 0.15) is 0 Å². The first-order chi connectivity index (χ1) is 7.87. The summed E-state index contributed by atoms with van der Waals surface area (Å²) in [7, 11) is 0. The van der Waals surface area contributed by atoms with E-state index in [1.54, 1.807) is 38.5 Å². The van der Waals surface area contributed by atoms with E-state index in [-0.39, 0.29) is 0 Å². The van der Waals surface area contributed by atoms with Crippen LogP contribution in [0.15, 0.2) is 0 Å². The Morgan fingerprint density at radius 3 is 2.12 bits per heavy atom. The van der Waals surface area contributed by atoms with Crippen molar-refractivity contribution in [1.29, 1.82) is 0 Å². The van der Waals surface area contributed by atoms with E-state index in [2.05, 4.69) is 5.32 Å². The first-order valence-electron chi connectivity index (χ1n) is 7.57. The molecule has 1 heteroatoms. The zero-order chi connectivity index (χ0) is 10.6. The van der Waals surface area contributed by atoms with Crippen LogP contribution in [-0.2, 0) is 0 Å². The summed E-state index contributed by atoms with van der Waals surface area (Å²) in [6.07, 6.45) is 12.5. The Bertz CT molecular complexity index is 245. The van der Waals surface area contributed by atoms with Crippen molar-refractivity contribution in [3.63, 3.8) is 0 Å². The van der Waals surface area contributed by atoms with Crippen LogP contribution in [0, 0.1) is 29.1 Å². The van der Waals surface area contributed by atoms with Gasteiger partial charge in [-0.2, -0.15) is 0 Å². The predicted molar refractivity (Wildman–Crippen MR) is 66.2 cm³/mol. The summed E-state index contributed by atoms with van der Waals surface area (Å²) in [4.78, 5) is 0. The summed E-state index contributed by atoms with van der Waals surface area (Å²) in [6, 6.07) is 0. The van der Waals surface area contributed by atoms with E-state index in [1.807, 2.05) is 0 Å². The predicted octanol–water partition coefficient (Wildman–Crippen LogP) is 3.20. The number of hydrogen-bond acceptors (Lipinski definition) is 1. The largest absolute Gasteiger partial charge is 0.317 e. The highest BCUT2D eigenvalue weighted by atomic mass is 14.9. The average molecular weight is 219 g/mol. The van der Waals surface area contributed by atoms with Gasteiger partial charge in [0.15, 0.2) is 0 Å². The van der Waals surface area contributed by atoms with Crippen molar-refractivity contribution >= 4 is 0 Å². The first kappa shape index (κ1) is 9.94. The molecule has 0 aromatic carbocycles. The Labute approximate surface area is 99.4 Å². The molecule has 5 rings (SSSR count). The minimum Gasteiger partial charge on any atom is -0.317 e. The van der Waals surface area contributed by atoms with Gasteiger partial charge in [0, 0.05) is 0 Å². The van der Waals surface area contributed by atoms with Crippen molar-refractivity contribution in [3.05, 3.63) is 0 Å². The van der Waals surface area contributed by atoms with Crippen molar-refractivity contribution in [1.82, 2.24) is 5.32 Å². The molecule has 1 spiro atoms. The normalized spacial score (nSPS) is 55.5. The van der Waals surface area contributed by atoms with Crippen molar-refractivity contribution < 1.29 is 0 Å². The second-order valence-corrected chi connectivity index (χ2v) is 7.14. The minimum absolute atomic E-state index is 0.802. The quantitative estimate of drug-likeness (QED) is 0.659. The highest BCUT2D eigenvalue weighted by Crippen LogP contribution is 2.65. The maximum Gasteiger partial charge on any atom is -0.00434 e. The van der Waals surface area contributed by atoms with Gasteiger partial charge >= 0.3 is 0 Å². The molecule has 4 bridgehead atoms. The van der Waals surface area contributed by atoms with E-state index < -0.39 is 0 Å². The first-order valence-corrected chi connectivity index (χ1v) is 7.57. The summed E-state index contributed by atoms with van der Waals surface area (Å²) in [6.45, 7) is 2.59. The van der Waals surface area contributed by atoms with Gasteiger partial charge in [-0.05, 0) is 93.5 Å². The second kappa shape index (κ2) is 3.48. The third-order valence-electron chi connectivity index (χ3n) is 6.53. The van der Waals surface area contributed by atoms with Crippen molar-refractivity contribution in [2.24, 2.45) is 29.1 Å². The molecule has 0 radical (unpaired) electrons. The molecule has 5 aliphatic rings. The topological polar surface area (TPSA) is 12.0 Å². The lowest BCUT2D eigenvalue weighted by molar-refractivity contribution is -0.115. The van der Waals surface area contributed by atoms with Gasteiger partial charge < -0.3 is 5.32 Å². The van der Waals surface area contributed by atoms with Gasteiger partial charge in [0.2, 0.25) is 0 Å². The molecular weight excluding hydrogens is 194 g/mol. The van der Waals surface area contributed by atoms with Crippen LogP contribution in [0.3, 0.4) is 0 Å². The molecule has 1 nitrogen and oxygen atoms in total. The smallest absolute Gasteiger partial charge is 0.00434 e. The van der Waals surface area contributed by atoms with Crippen molar-refractivity contribution in [2.45, 2.75) is 51.4 Å². The van der Waals surface area contributed by atoms with Crippen LogP contribution < -0.4 is 5.32 Å². The highest BCUT2D eigenvalue weighted by molar-refractivity contribution is 5.06. The molecule has 0 atom stereocenters. The zero-order valence-corrected chi connectivity index (χ0v) is 10.4. The monoisotopic (exact) mass is 219 g/mol. The number of nitrogens with one attached hydrogen (secondary N) is 1. The molecule has 0 aromatic heterocycles. The molecule has 0 amide bonds. The van der Waals surface area contributed by atoms with E-state index in [9.17, 15) is 0 Å².